The first-order valence-electron chi connectivity index (χ1n) is 5.35. The first-order valence-corrected chi connectivity index (χ1v) is 5.35. The molecule has 3 N–H and O–H groups in total. The Morgan fingerprint density at radius 1 is 1.42 bits per heavy atom. The number of aromatic nitrogens is 2. The van der Waals surface area contributed by atoms with Crippen molar-refractivity contribution >= 4 is 5.84 Å². The van der Waals surface area contributed by atoms with Gasteiger partial charge >= 0.3 is 0 Å². The molecule has 0 unspecified atom stereocenters. The Morgan fingerprint density at radius 3 is 2.89 bits per heavy atom. The Labute approximate surface area is 108 Å². The van der Waals surface area contributed by atoms with Gasteiger partial charge in [-0.1, -0.05) is 5.16 Å². The average molecular weight is 262 g/mol. The number of halogens is 1. The first-order chi connectivity index (χ1) is 9.11. The second-order valence-electron chi connectivity index (χ2n) is 3.75. The zero-order chi connectivity index (χ0) is 13.8. The van der Waals surface area contributed by atoms with E-state index in [9.17, 15) is 4.39 Å². The van der Waals surface area contributed by atoms with Gasteiger partial charge in [0, 0.05) is 0 Å². The lowest BCUT2D eigenvalue weighted by Crippen LogP contribution is -2.15. The highest BCUT2D eigenvalue weighted by Crippen LogP contribution is 2.23. The fourth-order valence-corrected chi connectivity index (χ4v) is 1.44. The third-order valence-electron chi connectivity index (χ3n) is 2.41. The van der Waals surface area contributed by atoms with E-state index in [0.29, 0.717) is 16.9 Å². The largest absolute Gasteiger partial charge is 0.437 e. The van der Waals surface area contributed by atoms with Crippen LogP contribution in [-0.2, 0) is 0 Å². The van der Waals surface area contributed by atoms with Crippen LogP contribution in [0.4, 0.5) is 4.39 Å². The topological polar surface area (TPSA) is 93.6 Å². The molecule has 0 saturated carbocycles. The normalized spacial score (nSPS) is 11.4. The quantitative estimate of drug-likeness (QED) is 0.381. The van der Waals surface area contributed by atoms with Crippen molar-refractivity contribution in [1.29, 1.82) is 0 Å². The van der Waals surface area contributed by atoms with Gasteiger partial charge < -0.3 is 15.7 Å². The van der Waals surface area contributed by atoms with Crippen molar-refractivity contribution in [3.63, 3.8) is 0 Å². The molecule has 0 atom stereocenters. The van der Waals surface area contributed by atoms with Crippen LogP contribution in [0.15, 0.2) is 35.6 Å². The van der Waals surface area contributed by atoms with Gasteiger partial charge in [-0.2, -0.15) is 5.10 Å². The number of aryl methyl sites for hydroxylation is 1. The summed E-state index contributed by atoms with van der Waals surface area (Å²) in [6.45, 7) is 1.61. The molecule has 1 aromatic heterocycles. The molecule has 1 aromatic carbocycles. The summed E-state index contributed by atoms with van der Waals surface area (Å²) in [6.07, 6.45) is 1.39. The van der Waals surface area contributed by atoms with Gasteiger partial charge in [-0.05, 0) is 36.8 Å². The number of nitrogens with two attached hydrogens (primary N) is 1. The smallest absolute Gasteiger partial charge is 0.250 e. The number of oxime groups is 1. The van der Waals surface area contributed by atoms with Crippen molar-refractivity contribution in [1.82, 2.24) is 10.2 Å². The summed E-state index contributed by atoms with van der Waals surface area (Å²) in [7, 11) is 0. The average Bonchev–Trinajstić information content (AvgIpc) is 2.43. The van der Waals surface area contributed by atoms with Gasteiger partial charge in [0.25, 0.3) is 0 Å². The molecule has 0 radical (unpaired) electrons. The van der Waals surface area contributed by atoms with Crippen LogP contribution in [0, 0.1) is 12.7 Å². The van der Waals surface area contributed by atoms with E-state index in [-0.39, 0.29) is 17.5 Å². The predicted octanol–water partition coefficient (Wildman–Crippen LogP) is 1.81. The molecule has 0 aliphatic heterocycles. The maximum absolute atomic E-state index is 13.1. The molecular formula is C12H11FN4O2. The summed E-state index contributed by atoms with van der Waals surface area (Å²) in [4.78, 5) is 0. The molecule has 1 heterocycles. The Hall–Kier alpha value is -2.70. The van der Waals surface area contributed by atoms with Crippen molar-refractivity contribution < 1.29 is 14.3 Å². The predicted molar refractivity (Wildman–Crippen MR) is 65.8 cm³/mol. The minimum Gasteiger partial charge on any atom is -0.437 e. The molecule has 0 bridgehead atoms. The van der Waals surface area contributed by atoms with Crippen LogP contribution in [0.1, 0.15) is 11.1 Å². The van der Waals surface area contributed by atoms with Crippen LogP contribution in [-0.4, -0.2) is 21.2 Å². The molecule has 0 spiro atoms. The Kier molecular flexibility index (Phi) is 3.56. The molecule has 2 aromatic rings. The van der Waals surface area contributed by atoms with Gasteiger partial charge in [0.2, 0.25) is 5.88 Å². The summed E-state index contributed by atoms with van der Waals surface area (Å²) in [6, 6.07) is 5.74. The van der Waals surface area contributed by atoms with E-state index in [0.717, 1.165) is 0 Å². The van der Waals surface area contributed by atoms with Crippen molar-refractivity contribution in [2.24, 2.45) is 10.9 Å². The van der Waals surface area contributed by atoms with Crippen molar-refractivity contribution in [2.45, 2.75) is 6.92 Å². The third-order valence-corrected chi connectivity index (χ3v) is 2.41. The molecule has 0 aliphatic carbocycles. The summed E-state index contributed by atoms with van der Waals surface area (Å²) < 4.78 is 18.6. The van der Waals surface area contributed by atoms with Gasteiger partial charge in [0.1, 0.15) is 11.6 Å². The monoisotopic (exact) mass is 262 g/mol. The van der Waals surface area contributed by atoms with Crippen molar-refractivity contribution in [3.8, 4) is 11.6 Å². The zero-order valence-corrected chi connectivity index (χ0v) is 10.0. The minimum atomic E-state index is -0.330. The second-order valence-corrected chi connectivity index (χ2v) is 3.75. The van der Waals surface area contributed by atoms with E-state index in [2.05, 4.69) is 15.4 Å². The maximum Gasteiger partial charge on any atom is 0.250 e. The summed E-state index contributed by atoms with van der Waals surface area (Å²) in [5.41, 5.74) is 6.22. The molecule has 19 heavy (non-hydrogen) atoms. The van der Waals surface area contributed by atoms with Crippen LogP contribution in [0.2, 0.25) is 0 Å². The molecule has 2 rings (SSSR count). The molecule has 7 heteroatoms. The second kappa shape index (κ2) is 5.30. The Balaban J connectivity index is 2.35. The van der Waals surface area contributed by atoms with E-state index in [1.54, 1.807) is 6.92 Å². The summed E-state index contributed by atoms with van der Waals surface area (Å²) in [5.74, 6) is -0.0258. The number of ether oxygens (including phenoxy) is 1. The zero-order valence-electron chi connectivity index (χ0n) is 10.0. The number of rotatable bonds is 3. The minimum absolute atomic E-state index is 0.0730. The van der Waals surface area contributed by atoms with E-state index in [1.807, 2.05) is 0 Å². The lowest BCUT2D eigenvalue weighted by atomic mass is 10.2. The molecule has 6 nitrogen and oxygen atoms in total. The highest BCUT2D eigenvalue weighted by Gasteiger charge is 2.11. The number of benzene rings is 1. The molecular weight excluding hydrogens is 251 g/mol. The van der Waals surface area contributed by atoms with Gasteiger partial charge in [0.15, 0.2) is 5.84 Å². The highest BCUT2D eigenvalue weighted by molar-refractivity contribution is 5.98. The van der Waals surface area contributed by atoms with Crippen molar-refractivity contribution in [3.05, 3.63) is 47.4 Å². The number of hydrogen-bond donors (Lipinski definition) is 2. The fourth-order valence-electron chi connectivity index (χ4n) is 1.44. The lowest BCUT2D eigenvalue weighted by Gasteiger charge is -2.08. The molecule has 0 fully saturated rings. The van der Waals surface area contributed by atoms with Crippen LogP contribution < -0.4 is 10.5 Å². The van der Waals surface area contributed by atoms with Gasteiger partial charge in [0.05, 0.1) is 11.8 Å². The molecule has 0 saturated heterocycles. The van der Waals surface area contributed by atoms with Gasteiger partial charge in [-0.15, -0.1) is 5.10 Å². The van der Waals surface area contributed by atoms with Gasteiger partial charge in [-0.3, -0.25) is 0 Å². The van der Waals surface area contributed by atoms with Crippen LogP contribution >= 0.6 is 0 Å². The fraction of sp³-hybridized carbons (Fsp3) is 0.0833. The SMILES string of the molecule is Cc1cc(Oc2nnccc2/C(N)=N/O)ccc1F. The third kappa shape index (κ3) is 2.76. The first kappa shape index (κ1) is 12.7. The van der Waals surface area contributed by atoms with Crippen molar-refractivity contribution in [2.75, 3.05) is 0 Å². The van der Waals surface area contributed by atoms with Crippen LogP contribution in [0.25, 0.3) is 0 Å². The molecule has 98 valence electrons. The maximum atomic E-state index is 13.1. The van der Waals surface area contributed by atoms with E-state index in [1.165, 1.54) is 30.5 Å². The number of hydrogen-bond acceptors (Lipinski definition) is 5. The highest BCUT2D eigenvalue weighted by atomic mass is 19.1. The van der Waals surface area contributed by atoms with Gasteiger partial charge in [-0.25, -0.2) is 4.39 Å². The molecule has 0 amide bonds. The van der Waals surface area contributed by atoms with Crippen LogP contribution in [0.5, 0.6) is 11.6 Å². The van der Waals surface area contributed by atoms with E-state index < -0.39 is 0 Å². The number of amidine groups is 1. The molecule has 0 aliphatic rings. The summed E-state index contributed by atoms with van der Waals surface area (Å²) >= 11 is 0. The number of nitrogens with zero attached hydrogens (tertiary/aromatic N) is 3. The Bertz CT molecular complexity index is 631. The standard InChI is InChI=1S/C12H11FN4O2/c1-7-6-8(2-3-10(7)13)19-12-9(11(14)17-18)4-5-15-16-12/h2-6,18H,1H3,(H2,14,17). The Morgan fingerprint density at radius 2 is 2.21 bits per heavy atom. The van der Waals surface area contributed by atoms with E-state index in [4.69, 9.17) is 15.7 Å². The van der Waals surface area contributed by atoms with E-state index >= 15 is 0 Å². The van der Waals surface area contributed by atoms with Crippen LogP contribution in [0.3, 0.4) is 0 Å². The lowest BCUT2D eigenvalue weighted by molar-refractivity contribution is 0.318. The summed E-state index contributed by atoms with van der Waals surface area (Å²) in [5, 5.41) is 19.0.